The molecule has 0 spiro atoms. The van der Waals surface area contributed by atoms with Gasteiger partial charge in [0.25, 0.3) is 0 Å². The minimum atomic E-state index is -4.35. The van der Waals surface area contributed by atoms with Crippen LogP contribution in [-0.4, -0.2) is 47.6 Å². The van der Waals surface area contributed by atoms with Crippen molar-refractivity contribution < 1.29 is 60.7 Å². The molecule has 0 saturated carbocycles. The summed E-state index contributed by atoms with van der Waals surface area (Å²) in [6.45, 7) is 3.30. The van der Waals surface area contributed by atoms with Crippen molar-refractivity contribution in [2.24, 2.45) is 0 Å². The second-order valence-corrected chi connectivity index (χ2v) is 12.9. The molecular formula is C41H46F6N2O7. The van der Waals surface area contributed by atoms with Gasteiger partial charge in [-0.2, -0.15) is 26.3 Å². The molecule has 15 heteroatoms. The van der Waals surface area contributed by atoms with E-state index >= 15 is 0 Å². The van der Waals surface area contributed by atoms with Gasteiger partial charge >= 0.3 is 12.4 Å². The van der Waals surface area contributed by atoms with Crippen LogP contribution >= 0.6 is 0 Å². The standard InChI is InChI=1S/C21H24F3NO4.C20H22F3NO3/c1-15(26)25-13-17-6-2-3-8-20(17)28-14-19(29-27)7-4-5-16-9-11-18(12-10-16)21(22,23)24;1-14(25)24-18-7-2-3-8-19(18)27-13-17(26)6-4-5-15-9-11-16(12-10-15)20(21,22)23/h2-3,6,8-12,19,27H,4-5,7,13-14H2,1H3,(H,25,26);2-3,7-12,17,26H,4-6,13H2,1H3,(H,24,25). The van der Waals surface area contributed by atoms with Crippen molar-refractivity contribution in [3.05, 3.63) is 125 Å². The van der Waals surface area contributed by atoms with Crippen molar-refractivity contribution in [1.82, 2.24) is 5.32 Å². The summed E-state index contributed by atoms with van der Waals surface area (Å²) in [5.41, 5.74) is 1.54. The molecule has 2 unspecified atom stereocenters. The third-order valence-electron chi connectivity index (χ3n) is 8.26. The third kappa shape index (κ3) is 16.7. The molecule has 4 aromatic carbocycles. The molecule has 4 aromatic rings. The van der Waals surface area contributed by atoms with Crippen LogP contribution in [0.3, 0.4) is 0 Å². The predicted molar refractivity (Wildman–Crippen MR) is 198 cm³/mol. The summed E-state index contributed by atoms with van der Waals surface area (Å²) in [5.74, 6) is 0.670. The first kappa shape index (κ1) is 45.3. The van der Waals surface area contributed by atoms with Crippen molar-refractivity contribution in [3.63, 3.8) is 0 Å². The Morgan fingerprint density at radius 2 is 1.16 bits per heavy atom. The number of anilines is 1. The van der Waals surface area contributed by atoms with Gasteiger partial charge in [0.2, 0.25) is 11.8 Å². The number of rotatable bonds is 18. The van der Waals surface area contributed by atoms with E-state index in [-0.39, 0.29) is 25.0 Å². The second-order valence-electron chi connectivity index (χ2n) is 12.9. The number of carbonyl (C=O) groups is 2. The number of halogens is 6. The topological polar surface area (TPSA) is 126 Å². The van der Waals surface area contributed by atoms with Gasteiger partial charge in [0.15, 0.2) is 0 Å². The first-order valence-electron chi connectivity index (χ1n) is 17.8. The molecule has 0 saturated heterocycles. The number of aryl methyl sites for hydroxylation is 2. The highest BCUT2D eigenvalue weighted by molar-refractivity contribution is 5.90. The number of hydrogen-bond acceptors (Lipinski definition) is 7. The largest absolute Gasteiger partial charge is 0.490 e. The van der Waals surface area contributed by atoms with E-state index in [2.05, 4.69) is 15.5 Å². The van der Waals surface area contributed by atoms with Gasteiger partial charge < -0.3 is 25.2 Å². The number of nitrogens with one attached hydrogen (secondary N) is 2. The van der Waals surface area contributed by atoms with E-state index in [0.29, 0.717) is 62.3 Å². The number of alkyl halides is 6. The van der Waals surface area contributed by atoms with E-state index in [0.717, 1.165) is 41.0 Å². The summed E-state index contributed by atoms with van der Waals surface area (Å²) in [6.07, 6.45) is -6.73. The van der Waals surface area contributed by atoms with Crippen LogP contribution in [0.2, 0.25) is 0 Å². The number of para-hydroxylation sites is 3. The fraction of sp³-hybridized carbons (Fsp3) is 0.366. The molecule has 0 aliphatic rings. The van der Waals surface area contributed by atoms with Gasteiger partial charge in [-0.25, -0.2) is 4.89 Å². The number of aliphatic hydroxyl groups excluding tert-OH is 1. The van der Waals surface area contributed by atoms with Crippen LogP contribution in [0.1, 0.15) is 67.3 Å². The summed E-state index contributed by atoms with van der Waals surface area (Å²) in [4.78, 5) is 26.7. The van der Waals surface area contributed by atoms with Crippen molar-refractivity contribution in [2.75, 3.05) is 18.5 Å². The lowest BCUT2D eigenvalue weighted by atomic mass is 10.0. The summed E-state index contributed by atoms with van der Waals surface area (Å²) < 4.78 is 86.6. The smallest absolute Gasteiger partial charge is 0.416 e. The van der Waals surface area contributed by atoms with Crippen LogP contribution in [0, 0.1) is 0 Å². The Morgan fingerprint density at radius 1 is 0.661 bits per heavy atom. The van der Waals surface area contributed by atoms with Gasteiger partial charge in [0, 0.05) is 26.0 Å². The average molecular weight is 793 g/mol. The van der Waals surface area contributed by atoms with E-state index in [4.69, 9.17) is 14.7 Å². The molecule has 0 aliphatic carbocycles. The van der Waals surface area contributed by atoms with Crippen LogP contribution in [0.5, 0.6) is 11.5 Å². The molecular weight excluding hydrogens is 746 g/mol. The van der Waals surface area contributed by atoms with Crippen LogP contribution in [-0.2, 0) is 46.2 Å². The molecule has 0 radical (unpaired) electrons. The third-order valence-corrected chi connectivity index (χ3v) is 8.26. The zero-order valence-electron chi connectivity index (χ0n) is 31.0. The summed E-state index contributed by atoms with van der Waals surface area (Å²) >= 11 is 0. The lowest BCUT2D eigenvalue weighted by Gasteiger charge is -2.17. The number of aliphatic hydroxyl groups is 1. The van der Waals surface area contributed by atoms with Crippen LogP contribution in [0.25, 0.3) is 0 Å². The van der Waals surface area contributed by atoms with Crippen molar-refractivity contribution in [1.29, 1.82) is 0 Å². The van der Waals surface area contributed by atoms with Gasteiger partial charge in [-0.3, -0.25) is 14.8 Å². The minimum absolute atomic E-state index is 0.0591. The minimum Gasteiger partial charge on any atom is -0.490 e. The maximum atomic E-state index is 12.6. The normalized spacial score (nSPS) is 12.5. The molecule has 2 atom stereocenters. The van der Waals surface area contributed by atoms with E-state index in [1.54, 1.807) is 36.4 Å². The second kappa shape index (κ2) is 22.4. The zero-order chi connectivity index (χ0) is 41.1. The zero-order valence-corrected chi connectivity index (χ0v) is 31.0. The number of hydrogen-bond donors (Lipinski definition) is 4. The molecule has 9 nitrogen and oxygen atoms in total. The van der Waals surface area contributed by atoms with Crippen LogP contribution < -0.4 is 20.1 Å². The molecule has 0 bridgehead atoms. The fourth-order valence-corrected chi connectivity index (χ4v) is 5.31. The van der Waals surface area contributed by atoms with Gasteiger partial charge in [-0.1, -0.05) is 54.6 Å². The monoisotopic (exact) mass is 792 g/mol. The Bertz CT molecular complexity index is 1790. The Labute approximate surface area is 321 Å². The Morgan fingerprint density at radius 3 is 1.68 bits per heavy atom. The summed E-state index contributed by atoms with van der Waals surface area (Å²) in [6, 6.07) is 24.2. The molecule has 0 fully saturated rings. The first-order valence-corrected chi connectivity index (χ1v) is 17.8. The molecule has 0 aliphatic heterocycles. The lowest BCUT2D eigenvalue weighted by Crippen LogP contribution is -2.22. The molecule has 304 valence electrons. The Balaban J connectivity index is 0.000000301. The summed E-state index contributed by atoms with van der Waals surface area (Å²) in [7, 11) is 0. The van der Waals surface area contributed by atoms with Gasteiger partial charge in [0.1, 0.15) is 30.8 Å². The van der Waals surface area contributed by atoms with Gasteiger partial charge in [-0.05, 0) is 92.1 Å². The summed E-state index contributed by atoms with van der Waals surface area (Å²) in [5, 5.41) is 24.5. The lowest BCUT2D eigenvalue weighted by molar-refractivity contribution is -0.284. The maximum absolute atomic E-state index is 12.6. The van der Waals surface area contributed by atoms with Crippen LogP contribution in [0.4, 0.5) is 32.0 Å². The van der Waals surface area contributed by atoms with E-state index < -0.39 is 35.7 Å². The molecule has 56 heavy (non-hydrogen) atoms. The Kier molecular flexibility index (Phi) is 18.1. The molecule has 0 heterocycles. The van der Waals surface area contributed by atoms with Crippen molar-refractivity contribution in [3.8, 4) is 11.5 Å². The van der Waals surface area contributed by atoms with Gasteiger partial charge in [-0.15, -0.1) is 0 Å². The van der Waals surface area contributed by atoms with E-state index in [1.165, 1.54) is 38.1 Å². The first-order chi connectivity index (χ1) is 26.5. The maximum Gasteiger partial charge on any atom is 0.416 e. The quantitative estimate of drug-likeness (QED) is 0.0450. The van der Waals surface area contributed by atoms with Gasteiger partial charge in [0.05, 0.1) is 22.9 Å². The highest BCUT2D eigenvalue weighted by atomic mass is 19.4. The molecule has 2 amide bonds. The SMILES string of the molecule is CC(=O)NCc1ccccc1OCC(CCCc1ccc(C(F)(F)F)cc1)OO.CC(=O)Nc1ccccc1OCC(O)CCCc1ccc(C(F)(F)F)cc1. The van der Waals surface area contributed by atoms with Crippen LogP contribution in [0.15, 0.2) is 97.1 Å². The van der Waals surface area contributed by atoms with E-state index in [9.17, 15) is 41.0 Å². The average Bonchev–Trinajstić information content (AvgIpc) is 3.15. The fourth-order valence-electron chi connectivity index (χ4n) is 5.31. The number of ether oxygens (including phenoxy) is 2. The highest BCUT2D eigenvalue weighted by Crippen LogP contribution is 2.30. The molecule has 0 aromatic heterocycles. The molecule has 4 rings (SSSR count). The highest BCUT2D eigenvalue weighted by Gasteiger charge is 2.30. The number of benzene rings is 4. The number of carbonyl (C=O) groups excluding carboxylic acids is 2. The number of amides is 2. The van der Waals surface area contributed by atoms with Crippen molar-refractivity contribution >= 4 is 17.5 Å². The molecule has 4 N–H and O–H groups in total. The Hall–Kier alpha value is -5.12. The van der Waals surface area contributed by atoms with Crippen molar-refractivity contribution in [2.45, 2.75) is 83.5 Å². The van der Waals surface area contributed by atoms with E-state index in [1.807, 2.05) is 12.1 Å². The predicted octanol–water partition coefficient (Wildman–Crippen LogP) is 9.03.